The first kappa shape index (κ1) is 13.4. The smallest absolute Gasteiger partial charge is 0.254 e. The number of benzene rings is 1. The first-order chi connectivity index (χ1) is 8.49. The molecule has 1 heterocycles. The van der Waals surface area contributed by atoms with Crippen molar-refractivity contribution < 1.29 is 4.79 Å². The van der Waals surface area contributed by atoms with Gasteiger partial charge in [-0.2, -0.15) is 0 Å². The first-order valence-corrected chi connectivity index (χ1v) is 6.68. The standard InChI is InChI=1S/C14H19ClN2O/c1-9-3-4-11(15)7-12(9)14(18)17-6-5-10(2)13(16)8-17/h3-4,7,10,13H,5-6,8,16H2,1-2H3. The van der Waals surface area contributed by atoms with Gasteiger partial charge in [0.2, 0.25) is 0 Å². The Balaban J connectivity index is 2.19. The average molecular weight is 267 g/mol. The van der Waals surface area contributed by atoms with Gasteiger partial charge in [-0.15, -0.1) is 0 Å². The van der Waals surface area contributed by atoms with E-state index in [-0.39, 0.29) is 11.9 Å². The third-order valence-electron chi connectivity index (χ3n) is 3.73. The second kappa shape index (κ2) is 5.29. The van der Waals surface area contributed by atoms with Crippen molar-refractivity contribution in [1.82, 2.24) is 4.90 Å². The van der Waals surface area contributed by atoms with Crippen LogP contribution in [0.3, 0.4) is 0 Å². The molecule has 1 saturated heterocycles. The minimum atomic E-state index is 0.0392. The van der Waals surface area contributed by atoms with Gasteiger partial charge in [-0.05, 0) is 37.0 Å². The summed E-state index contributed by atoms with van der Waals surface area (Å²) in [5.74, 6) is 0.520. The fourth-order valence-corrected chi connectivity index (χ4v) is 2.45. The molecule has 1 aliphatic rings. The maximum absolute atomic E-state index is 12.4. The molecule has 1 fully saturated rings. The number of carbonyl (C=O) groups excluding carboxylic acids is 1. The first-order valence-electron chi connectivity index (χ1n) is 6.30. The van der Waals surface area contributed by atoms with Crippen molar-refractivity contribution in [1.29, 1.82) is 0 Å². The van der Waals surface area contributed by atoms with Crippen LogP contribution in [0.2, 0.25) is 5.02 Å². The summed E-state index contributed by atoms with van der Waals surface area (Å²) < 4.78 is 0. The lowest BCUT2D eigenvalue weighted by Crippen LogP contribution is -2.49. The third-order valence-corrected chi connectivity index (χ3v) is 3.97. The van der Waals surface area contributed by atoms with Gasteiger partial charge in [0.05, 0.1) is 0 Å². The number of hydrogen-bond donors (Lipinski definition) is 1. The lowest BCUT2D eigenvalue weighted by Gasteiger charge is -2.35. The van der Waals surface area contributed by atoms with Crippen molar-refractivity contribution in [3.63, 3.8) is 0 Å². The number of likely N-dealkylation sites (tertiary alicyclic amines) is 1. The topological polar surface area (TPSA) is 46.3 Å². The van der Waals surface area contributed by atoms with Gasteiger partial charge in [-0.25, -0.2) is 0 Å². The lowest BCUT2D eigenvalue weighted by molar-refractivity contribution is 0.0671. The minimum Gasteiger partial charge on any atom is -0.337 e. The zero-order chi connectivity index (χ0) is 13.3. The van der Waals surface area contributed by atoms with E-state index in [1.807, 2.05) is 17.9 Å². The molecule has 0 aromatic heterocycles. The highest BCUT2D eigenvalue weighted by Crippen LogP contribution is 2.21. The molecule has 0 spiro atoms. The van der Waals surface area contributed by atoms with Gasteiger partial charge in [0.25, 0.3) is 5.91 Å². The van der Waals surface area contributed by atoms with Crippen LogP contribution >= 0.6 is 11.6 Å². The third kappa shape index (κ3) is 2.68. The summed E-state index contributed by atoms with van der Waals surface area (Å²) in [6.45, 7) is 5.47. The van der Waals surface area contributed by atoms with Crippen LogP contribution in [0.1, 0.15) is 29.3 Å². The van der Waals surface area contributed by atoms with Gasteiger partial charge < -0.3 is 10.6 Å². The van der Waals surface area contributed by atoms with Gasteiger partial charge in [0, 0.05) is 29.7 Å². The Morgan fingerprint density at radius 2 is 2.22 bits per heavy atom. The second-order valence-electron chi connectivity index (χ2n) is 5.14. The molecule has 0 bridgehead atoms. The summed E-state index contributed by atoms with van der Waals surface area (Å²) in [5.41, 5.74) is 7.67. The summed E-state index contributed by atoms with van der Waals surface area (Å²) >= 11 is 5.96. The van der Waals surface area contributed by atoms with Gasteiger partial charge in [0.1, 0.15) is 0 Å². The van der Waals surface area contributed by atoms with Crippen molar-refractivity contribution in [2.24, 2.45) is 11.7 Å². The molecular weight excluding hydrogens is 248 g/mol. The van der Waals surface area contributed by atoms with Gasteiger partial charge in [-0.3, -0.25) is 4.79 Å². The van der Waals surface area contributed by atoms with Gasteiger partial charge in [-0.1, -0.05) is 24.6 Å². The molecule has 0 radical (unpaired) electrons. The van der Waals surface area contributed by atoms with E-state index in [1.54, 1.807) is 12.1 Å². The van der Waals surface area contributed by atoms with E-state index in [0.717, 1.165) is 18.5 Å². The van der Waals surface area contributed by atoms with Crippen LogP contribution in [-0.2, 0) is 0 Å². The molecule has 1 aliphatic heterocycles. The molecule has 1 amide bonds. The van der Waals surface area contributed by atoms with Crippen LogP contribution in [0.4, 0.5) is 0 Å². The Morgan fingerprint density at radius 1 is 1.50 bits per heavy atom. The number of nitrogens with two attached hydrogens (primary N) is 1. The van der Waals surface area contributed by atoms with E-state index in [0.29, 0.717) is 23.0 Å². The highest BCUT2D eigenvalue weighted by atomic mass is 35.5. The molecule has 98 valence electrons. The van der Waals surface area contributed by atoms with Crippen LogP contribution in [0.25, 0.3) is 0 Å². The summed E-state index contributed by atoms with van der Waals surface area (Å²) in [4.78, 5) is 14.3. The molecule has 1 aromatic rings. The predicted molar refractivity (Wildman–Crippen MR) is 73.8 cm³/mol. The van der Waals surface area contributed by atoms with Gasteiger partial charge >= 0.3 is 0 Å². The van der Waals surface area contributed by atoms with Crippen molar-refractivity contribution in [3.8, 4) is 0 Å². The maximum Gasteiger partial charge on any atom is 0.254 e. The minimum absolute atomic E-state index is 0.0392. The predicted octanol–water partition coefficient (Wildman–Crippen LogP) is 2.46. The molecule has 18 heavy (non-hydrogen) atoms. The lowest BCUT2D eigenvalue weighted by atomic mass is 9.93. The van der Waals surface area contributed by atoms with E-state index < -0.39 is 0 Å². The molecule has 0 saturated carbocycles. The van der Waals surface area contributed by atoms with Crippen LogP contribution in [0.5, 0.6) is 0 Å². The number of halogens is 1. The average Bonchev–Trinajstić information content (AvgIpc) is 2.35. The fourth-order valence-electron chi connectivity index (χ4n) is 2.28. The number of carbonyl (C=O) groups is 1. The van der Waals surface area contributed by atoms with Crippen molar-refractivity contribution in [2.45, 2.75) is 26.3 Å². The van der Waals surface area contributed by atoms with E-state index in [2.05, 4.69) is 6.92 Å². The number of piperidine rings is 1. The van der Waals surface area contributed by atoms with Crippen LogP contribution in [0, 0.1) is 12.8 Å². The zero-order valence-electron chi connectivity index (χ0n) is 10.8. The normalized spacial score (nSPS) is 24.1. The van der Waals surface area contributed by atoms with Crippen molar-refractivity contribution in [3.05, 3.63) is 34.3 Å². The summed E-state index contributed by atoms with van der Waals surface area (Å²) in [7, 11) is 0. The van der Waals surface area contributed by atoms with E-state index in [4.69, 9.17) is 17.3 Å². The van der Waals surface area contributed by atoms with Crippen LogP contribution in [0.15, 0.2) is 18.2 Å². The summed E-state index contributed by atoms with van der Waals surface area (Å²) in [6.07, 6.45) is 0.965. The summed E-state index contributed by atoms with van der Waals surface area (Å²) in [6, 6.07) is 5.49. The number of hydrogen-bond acceptors (Lipinski definition) is 2. The number of rotatable bonds is 1. The van der Waals surface area contributed by atoms with Crippen LogP contribution < -0.4 is 5.73 Å². The highest BCUT2D eigenvalue weighted by Gasteiger charge is 2.27. The van der Waals surface area contributed by atoms with E-state index >= 15 is 0 Å². The largest absolute Gasteiger partial charge is 0.337 e. The maximum atomic E-state index is 12.4. The van der Waals surface area contributed by atoms with Crippen molar-refractivity contribution in [2.75, 3.05) is 13.1 Å². The Labute approximate surface area is 113 Å². The monoisotopic (exact) mass is 266 g/mol. The molecule has 3 nitrogen and oxygen atoms in total. The quantitative estimate of drug-likeness (QED) is 0.849. The Morgan fingerprint density at radius 3 is 2.89 bits per heavy atom. The molecule has 2 rings (SSSR count). The number of aryl methyl sites for hydroxylation is 1. The molecule has 0 aliphatic carbocycles. The Bertz CT molecular complexity index is 461. The molecule has 4 heteroatoms. The second-order valence-corrected chi connectivity index (χ2v) is 5.58. The molecule has 1 aromatic carbocycles. The molecule has 2 atom stereocenters. The Hall–Kier alpha value is -1.06. The Kier molecular flexibility index (Phi) is 3.93. The SMILES string of the molecule is Cc1ccc(Cl)cc1C(=O)N1CCC(C)C(N)C1. The number of nitrogens with zero attached hydrogens (tertiary/aromatic N) is 1. The highest BCUT2D eigenvalue weighted by molar-refractivity contribution is 6.31. The van der Waals surface area contributed by atoms with E-state index in [9.17, 15) is 4.79 Å². The van der Waals surface area contributed by atoms with Crippen LogP contribution in [-0.4, -0.2) is 29.9 Å². The molecular formula is C14H19ClN2O. The fraction of sp³-hybridized carbons (Fsp3) is 0.500. The summed E-state index contributed by atoms with van der Waals surface area (Å²) in [5, 5.41) is 0.596. The van der Waals surface area contributed by atoms with E-state index in [1.165, 1.54) is 0 Å². The molecule has 2 unspecified atom stereocenters. The number of amides is 1. The zero-order valence-corrected chi connectivity index (χ0v) is 11.6. The van der Waals surface area contributed by atoms with Gasteiger partial charge in [0.15, 0.2) is 0 Å². The van der Waals surface area contributed by atoms with Crippen molar-refractivity contribution >= 4 is 17.5 Å². The molecule has 2 N–H and O–H groups in total.